The van der Waals surface area contributed by atoms with E-state index in [2.05, 4.69) is 41.1 Å². The molecule has 136 valence electrons. The number of benzene rings is 1. The summed E-state index contributed by atoms with van der Waals surface area (Å²) in [5, 5.41) is 0. The van der Waals surface area contributed by atoms with Gasteiger partial charge in [-0.1, -0.05) is 30.3 Å². The Bertz CT molecular complexity index is 597. The number of hydrogen-bond donors (Lipinski definition) is 0. The Labute approximate surface area is 151 Å². The summed E-state index contributed by atoms with van der Waals surface area (Å²) in [6, 6.07) is 11.4. The molecule has 3 heterocycles. The van der Waals surface area contributed by atoms with Gasteiger partial charge in [0, 0.05) is 31.8 Å². The Morgan fingerprint density at radius 3 is 2.40 bits per heavy atom. The molecule has 4 nitrogen and oxygen atoms in total. The maximum absolute atomic E-state index is 13.8. The van der Waals surface area contributed by atoms with E-state index >= 15 is 0 Å². The fraction of sp³-hybridized carbons (Fsp3) is 0.667. The molecule has 25 heavy (non-hydrogen) atoms. The number of carbonyl (C=O) groups excluding carboxylic acids is 1. The van der Waals surface area contributed by atoms with Crippen LogP contribution < -0.4 is 0 Å². The van der Waals surface area contributed by atoms with Crippen molar-refractivity contribution in [2.45, 2.75) is 56.0 Å². The van der Waals surface area contributed by atoms with Crippen molar-refractivity contribution >= 4 is 5.91 Å². The number of ether oxygens (including phenoxy) is 1. The first-order valence-electron chi connectivity index (χ1n) is 9.87. The number of hydrogen-bond acceptors (Lipinski definition) is 3. The van der Waals surface area contributed by atoms with Crippen molar-refractivity contribution in [3.63, 3.8) is 0 Å². The van der Waals surface area contributed by atoms with Crippen LogP contribution >= 0.6 is 0 Å². The van der Waals surface area contributed by atoms with Crippen LogP contribution in [0.25, 0.3) is 0 Å². The minimum Gasteiger partial charge on any atom is -0.381 e. The Kier molecular flexibility index (Phi) is 4.83. The Hall–Kier alpha value is -1.39. The first kappa shape index (κ1) is 17.0. The zero-order chi connectivity index (χ0) is 17.3. The second-order valence-electron chi connectivity index (χ2n) is 7.96. The number of likely N-dealkylation sites (N-methyl/N-ethyl adjacent to an activating group) is 1. The van der Waals surface area contributed by atoms with Crippen LogP contribution in [0, 0.1) is 0 Å². The lowest BCUT2D eigenvalue weighted by Crippen LogP contribution is -2.55. The number of rotatable bonds is 3. The Morgan fingerprint density at radius 2 is 1.72 bits per heavy atom. The zero-order valence-corrected chi connectivity index (χ0v) is 15.3. The SMILES string of the molecule is CN1CCCC1C1CCCN1C(=O)C1(c2ccccc2)CCOCC1. The standard InChI is InChI=1S/C21H30N2O2/c1-22-13-5-9-18(22)19-10-6-14-23(19)20(24)21(11-15-25-16-12-21)17-7-3-2-4-8-17/h2-4,7-8,18-19H,5-6,9-16H2,1H3. The molecule has 0 aliphatic carbocycles. The maximum atomic E-state index is 13.8. The van der Waals surface area contributed by atoms with Crippen molar-refractivity contribution in [3.8, 4) is 0 Å². The molecule has 1 aromatic carbocycles. The van der Waals surface area contributed by atoms with Gasteiger partial charge in [-0.15, -0.1) is 0 Å². The van der Waals surface area contributed by atoms with Gasteiger partial charge in [-0.2, -0.15) is 0 Å². The average molecular weight is 342 g/mol. The predicted octanol–water partition coefficient (Wildman–Crippen LogP) is 2.82. The number of amides is 1. The van der Waals surface area contributed by atoms with E-state index in [1.807, 2.05) is 6.07 Å². The van der Waals surface area contributed by atoms with E-state index in [1.54, 1.807) is 0 Å². The summed E-state index contributed by atoms with van der Waals surface area (Å²) in [6.07, 6.45) is 6.40. The monoisotopic (exact) mass is 342 g/mol. The molecule has 4 rings (SSSR count). The van der Waals surface area contributed by atoms with Crippen molar-refractivity contribution in [2.75, 3.05) is 33.4 Å². The maximum Gasteiger partial charge on any atom is 0.233 e. The van der Waals surface area contributed by atoms with Gasteiger partial charge in [0.25, 0.3) is 0 Å². The predicted molar refractivity (Wildman–Crippen MR) is 98.6 cm³/mol. The van der Waals surface area contributed by atoms with Gasteiger partial charge >= 0.3 is 0 Å². The number of nitrogens with zero attached hydrogens (tertiary/aromatic N) is 2. The van der Waals surface area contributed by atoms with Crippen LogP contribution in [0.4, 0.5) is 0 Å². The fourth-order valence-corrected chi connectivity index (χ4v) is 5.24. The normalized spacial score (nSPS) is 29.9. The highest BCUT2D eigenvalue weighted by Gasteiger charge is 2.48. The van der Waals surface area contributed by atoms with Crippen molar-refractivity contribution in [3.05, 3.63) is 35.9 Å². The molecule has 0 N–H and O–H groups in total. The summed E-state index contributed by atoms with van der Waals surface area (Å²) in [6.45, 7) is 3.45. The first-order valence-corrected chi connectivity index (χ1v) is 9.87. The van der Waals surface area contributed by atoms with Crippen LogP contribution in [-0.4, -0.2) is 61.1 Å². The van der Waals surface area contributed by atoms with E-state index in [1.165, 1.54) is 24.9 Å². The van der Waals surface area contributed by atoms with Crippen molar-refractivity contribution in [1.82, 2.24) is 9.80 Å². The van der Waals surface area contributed by atoms with E-state index in [-0.39, 0.29) is 5.41 Å². The summed E-state index contributed by atoms with van der Waals surface area (Å²) >= 11 is 0. The summed E-state index contributed by atoms with van der Waals surface area (Å²) < 4.78 is 5.62. The van der Waals surface area contributed by atoms with Gasteiger partial charge in [0.15, 0.2) is 0 Å². The van der Waals surface area contributed by atoms with E-state index in [0.29, 0.717) is 31.2 Å². The smallest absolute Gasteiger partial charge is 0.233 e. The third kappa shape index (κ3) is 3.00. The van der Waals surface area contributed by atoms with Gasteiger partial charge in [0.1, 0.15) is 0 Å². The Morgan fingerprint density at radius 1 is 1.04 bits per heavy atom. The Balaban J connectivity index is 1.64. The van der Waals surface area contributed by atoms with Crippen LogP contribution in [0.1, 0.15) is 44.1 Å². The van der Waals surface area contributed by atoms with Crippen LogP contribution in [0.2, 0.25) is 0 Å². The first-order chi connectivity index (χ1) is 12.2. The number of likely N-dealkylation sites (tertiary alicyclic amines) is 2. The molecule has 1 aromatic rings. The highest BCUT2D eigenvalue weighted by Crippen LogP contribution is 2.40. The van der Waals surface area contributed by atoms with E-state index < -0.39 is 0 Å². The van der Waals surface area contributed by atoms with Gasteiger partial charge in [-0.05, 0) is 57.7 Å². The van der Waals surface area contributed by atoms with Crippen LogP contribution in [0.5, 0.6) is 0 Å². The minimum atomic E-state index is -0.390. The summed E-state index contributed by atoms with van der Waals surface area (Å²) in [5.41, 5.74) is 0.785. The molecule has 0 radical (unpaired) electrons. The van der Waals surface area contributed by atoms with Crippen molar-refractivity contribution in [2.24, 2.45) is 0 Å². The largest absolute Gasteiger partial charge is 0.381 e. The molecule has 2 atom stereocenters. The van der Waals surface area contributed by atoms with Crippen LogP contribution in [-0.2, 0) is 14.9 Å². The summed E-state index contributed by atoms with van der Waals surface area (Å²) in [7, 11) is 2.22. The molecule has 2 unspecified atom stereocenters. The van der Waals surface area contributed by atoms with Gasteiger partial charge in [0.2, 0.25) is 5.91 Å². The summed E-state index contributed by atoms with van der Waals surface area (Å²) in [5.74, 6) is 0.352. The fourth-order valence-electron chi connectivity index (χ4n) is 5.24. The quantitative estimate of drug-likeness (QED) is 0.847. The molecule has 1 amide bonds. The topological polar surface area (TPSA) is 32.8 Å². The average Bonchev–Trinajstić information content (AvgIpc) is 3.31. The second-order valence-corrected chi connectivity index (χ2v) is 7.96. The highest BCUT2D eigenvalue weighted by molar-refractivity contribution is 5.89. The lowest BCUT2D eigenvalue weighted by atomic mass is 9.72. The molecular formula is C21H30N2O2. The van der Waals surface area contributed by atoms with Gasteiger partial charge in [-0.3, -0.25) is 4.79 Å². The molecule has 0 aromatic heterocycles. The van der Waals surface area contributed by atoms with Gasteiger partial charge < -0.3 is 14.5 Å². The zero-order valence-electron chi connectivity index (χ0n) is 15.3. The molecule has 0 saturated carbocycles. The molecule has 0 spiro atoms. The second kappa shape index (κ2) is 7.08. The van der Waals surface area contributed by atoms with Crippen LogP contribution in [0.3, 0.4) is 0 Å². The van der Waals surface area contributed by atoms with Gasteiger partial charge in [0.05, 0.1) is 5.41 Å². The van der Waals surface area contributed by atoms with E-state index in [9.17, 15) is 4.79 Å². The minimum absolute atomic E-state index is 0.352. The third-order valence-electron chi connectivity index (χ3n) is 6.66. The highest BCUT2D eigenvalue weighted by atomic mass is 16.5. The lowest BCUT2D eigenvalue weighted by Gasteiger charge is -2.42. The molecule has 3 aliphatic heterocycles. The van der Waals surface area contributed by atoms with Crippen LogP contribution in [0.15, 0.2) is 30.3 Å². The van der Waals surface area contributed by atoms with E-state index in [0.717, 1.165) is 32.2 Å². The molecule has 0 bridgehead atoms. The molecule has 4 heteroatoms. The molecule has 3 saturated heterocycles. The van der Waals surface area contributed by atoms with E-state index in [4.69, 9.17) is 4.74 Å². The molecule has 3 fully saturated rings. The van der Waals surface area contributed by atoms with Gasteiger partial charge in [-0.25, -0.2) is 0 Å². The summed E-state index contributed by atoms with van der Waals surface area (Å²) in [4.78, 5) is 18.6. The lowest BCUT2D eigenvalue weighted by molar-refractivity contribution is -0.143. The third-order valence-corrected chi connectivity index (χ3v) is 6.66. The van der Waals surface area contributed by atoms with Crippen molar-refractivity contribution < 1.29 is 9.53 Å². The molecule has 3 aliphatic rings. The molecular weight excluding hydrogens is 312 g/mol. The van der Waals surface area contributed by atoms with Crippen molar-refractivity contribution in [1.29, 1.82) is 0 Å². The number of carbonyl (C=O) groups is 1.